The SMILES string of the molecule is CC(C)c1ccc(NC(=O)Cn2ccc(=O)c3cc(F)ccc32)cc1. The zero-order valence-electron chi connectivity index (χ0n) is 14.1. The topological polar surface area (TPSA) is 51.1 Å². The molecule has 1 amide bonds. The molecule has 0 aliphatic rings. The van der Waals surface area contributed by atoms with E-state index in [9.17, 15) is 14.0 Å². The predicted octanol–water partition coefficient (Wildman–Crippen LogP) is 3.90. The number of aromatic nitrogens is 1. The first-order chi connectivity index (χ1) is 11.9. The van der Waals surface area contributed by atoms with Crippen molar-refractivity contribution in [2.24, 2.45) is 0 Å². The Hall–Kier alpha value is -2.95. The van der Waals surface area contributed by atoms with Gasteiger partial charge in [-0.3, -0.25) is 9.59 Å². The molecule has 2 aromatic carbocycles. The average Bonchev–Trinajstić information content (AvgIpc) is 2.58. The molecule has 0 radical (unpaired) electrons. The number of hydrogen-bond donors (Lipinski definition) is 1. The molecule has 4 nitrogen and oxygen atoms in total. The highest BCUT2D eigenvalue weighted by atomic mass is 19.1. The highest BCUT2D eigenvalue weighted by molar-refractivity contribution is 5.91. The predicted molar refractivity (Wildman–Crippen MR) is 97.3 cm³/mol. The zero-order chi connectivity index (χ0) is 18.0. The standard InChI is InChI=1S/C20H19FN2O2/c1-13(2)14-3-6-16(7-4-14)22-20(25)12-23-10-9-19(24)17-11-15(21)5-8-18(17)23/h3-11,13H,12H2,1-2H3,(H,22,25). The van der Waals surface area contributed by atoms with Crippen LogP contribution in [0.1, 0.15) is 25.3 Å². The van der Waals surface area contributed by atoms with Crippen LogP contribution in [0, 0.1) is 5.82 Å². The third kappa shape index (κ3) is 3.76. The van der Waals surface area contributed by atoms with Gasteiger partial charge in [-0.25, -0.2) is 4.39 Å². The average molecular weight is 338 g/mol. The maximum absolute atomic E-state index is 13.4. The molecule has 1 heterocycles. The first-order valence-electron chi connectivity index (χ1n) is 8.12. The van der Waals surface area contributed by atoms with E-state index in [1.54, 1.807) is 10.8 Å². The first-order valence-corrected chi connectivity index (χ1v) is 8.12. The van der Waals surface area contributed by atoms with Crippen LogP contribution in [0.15, 0.2) is 59.5 Å². The lowest BCUT2D eigenvalue weighted by Crippen LogP contribution is -2.20. The number of halogens is 1. The Bertz CT molecular complexity index is 975. The van der Waals surface area contributed by atoms with Gasteiger partial charge >= 0.3 is 0 Å². The summed E-state index contributed by atoms with van der Waals surface area (Å²) in [4.78, 5) is 24.2. The minimum atomic E-state index is -0.475. The third-order valence-electron chi connectivity index (χ3n) is 4.11. The number of fused-ring (bicyclic) bond motifs is 1. The second kappa shape index (κ2) is 6.89. The van der Waals surface area contributed by atoms with Gasteiger partial charge in [-0.2, -0.15) is 0 Å². The van der Waals surface area contributed by atoms with Crippen LogP contribution in [0.4, 0.5) is 10.1 Å². The van der Waals surface area contributed by atoms with E-state index in [-0.39, 0.29) is 23.3 Å². The van der Waals surface area contributed by atoms with Crippen LogP contribution in [0.25, 0.3) is 10.9 Å². The normalized spacial score (nSPS) is 11.0. The molecule has 128 valence electrons. The van der Waals surface area contributed by atoms with Crippen LogP contribution in [-0.2, 0) is 11.3 Å². The van der Waals surface area contributed by atoms with Crippen molar-refractivity contribution in [1.82, 2.24) is 4.57 Å². The van der Waals surface area contributed by atoms with Crippen molar-refractivity contribution < 1.29 is 9.18 Å². The van der Waals surface area contributed by atoms with Gasteiger partial charge < -0.3 is 9.88 Å². The minimum Gasteiger partial charge on any atom is -0.338 e. The molecule has 0 saturated carbocycles. The lowest BCUT2D eigenvalue weighted by atomic mass is 10.0. The summed E-state index contributed by atoms with van der Waals surface area (Å²) < 4.78 is 15.0. The number of benzene rings is 2. The molecule has 0 saturated heterocycles. The van der Waals surface area contributed by atoms with Gasteiger partial charge in [-0.1, -0.05) is 26.0 Å². The largest absolute Gasteiger partial charge is 0.338 e. The molecule has 0 atom stereocenters. The van der Waals surface area contributed by atoms with E-state index in [0.717, 1.165) is 0 Å². The molecule has 0 unspecified atom stereocenters. The van der Waals surface area contributed by atoms with Crippen LogP contribution in [0.5, 0.6) is 0 Å². The van der Waals surface area contributed by atoms with Gasteiger partial charge in [0.05, 0.1) is 5.52 Å². The Labute approximate surface area is 144 Å². The Morgan fingerprint density at radius 3 is 2.52 bits per heavy atom. The summed E-state index contributed by atoms with van der Waals surface area (Å²) in [6.45, 7) is 4.25. The molecular formula is C20H19FN2O2. The molecule has 1 N–H and O–H groups in total. The molecule has 0 bridgehead atoms. The molecule has 0 spiro atoms. The van der Waals surface area contributed by atoms with E-state index in [1.165, 1.54) is 29.8 Å². The highest BCUT2D eigenvalue weighted by Gasteiger charge is 2.09. The van der Waals surface area contributed by atoms with E-state index in [2.05, 4.69) is 19.2 Å². The highest BCUT2D eigenvalue weighted by Crippen LogP contribution is 2.17. The van der Waals surface area contributed by atoms with E-state index in [0.29, 0.717) is 17.1 Å². The fourth-order valence-electron chi connectivity index (χ4n) is 2.73. The van der Waals surface area contributed by atoms with Crippen molar-refractivity contribution in [3.8, 4) is 0 Å². The Kier molecular flexibility index (Phi) is 4.65. The second-order valence-electron chi connectivity index (χ2n) is 6.29. The fourth-order valence-corrected chi connectivity index (χ4v) is 2.73. The smallest absolute Gasteiger partial charge is 0.244 e. The maximum Gasteiger partial charge on any atom is 0.244 e. The molecule has 3 aromatic rings. The molecule has 0 aliphatic carbocycles. The summed E-state index contributed by atoms with van der Waals surface area (Å²) >= 11 is 0. The summed E-state index contributed by atoms with van der Waals surface area (Å²) in [5, 5.41) is 3.10. The molecule has 5 heteroatoms. The molecule has 3 rings (SSSR count). The van der Waals surface area contributed by atoms with Gasteiger partial charge in [0.1, 0.15) is 12.4 Å². The zero-order valence-corrected chi connectivity index (χ0v) is 14.1. The van der Waals surface area contributed by atoms with E-state index >= 15 is 0 Å². The number of pyridine rings is 1. The summed E-state index contributed by atoms with van der Waals surface area (Å²) in [7, 11) is 0. The lowest BCUT2D eigenvalue weighted by Gasteiger charge is -2.12. The van der Waals surface area contributed by atoms with E-state index in [1.807, 2.05) is 24.3 Å². The molecular weight excluding hydrogens is 319 g/mol. The van der Waals surface area contributed by atoms with Crippen LogP contribution >= 0.6 is 0 Å². The number of nitrogens with one attached hydrogen (secondary N) is 1. The van der Waals surface area contributed by atoms with Crippen molar-refractivity contribution in [2.45, 2.75) is 26.3 Å². The minimum absolute atomic E-state index is 0.0361. The van der Waals surface area contributed by atoms with Crippen LogP contribution in [0.3, 0.4) is 0 Å². The molecule has 0 aliphatic heterocycles. The molecule has 0 fully saturated rings. The Morgan fingerprint density at radius 2 is 1.84 bits per heavy atom. The van der Waals surface area contributed by atoms with Gasteiger partial charge in [-0.05, 0) is 41.8 Å². The van der Waals surface area contributed by atoms with Crippen molar-refractivity contribution in [2.75, 3.05) is 5.32 Å². The summed E-state index contributed by atoms with van der Waals surface area (Å²) in [6.07, 6.45) is 1.55. The van der Waals surface area contributed by atoms with Gasteiger partial charge in [0.25, 0.3) is 0 Å². The van der Waals surface area contributed by atoms with E-state index < -0.39 is 5.82 Å². The summed E-state index contributed by atoms with van der Waals surface area (Å²) in [5.74, 6) is -0.263. The van der Waals surface area contributed by atoms with Gasteiger partial charge in [-0.15, -0.1) is 0 Å². The van der Waals surface area contributed by atoms with Crippen molar-refractivity contribution in [1.29, 1.82) is 0 Å². The van der Waals surface area contributed by atoms with Crippen molar-refractivity contribution in [3.05, 3.63) is 76.3 Å². The van der Waals surface area contributed by atoms with Crippen LogP contribution in [-0.4, -0.2) is 10.5 Å². The summed E-state index contributed by atoms with van der Waals surface area (Å²) in [5.41, 5.74) is 2.17. The molecule has 1 aromatic heterocycles. The van der Waals surface area contributed by atoms with Gasteiger partial charge in [0.2, 0.25) is 5.91 Å². The van der Waals surface area contributed by atoms with Crippen LogP contribution < -0.4 is 10.7 Å². The van der Waals surface area contributed by atoms with Crippen molar-refractivity contribution in [3.63, 3.8) is 0 Å². The number of carbonyl (C=O) groups is 1. The Balaban J connectivity index is 1.80. The van der Waals surface area contributed by atoms with Gasteiger partial charge in [0, 0.05) is 23.3 Å². The molecule has 25 heavy (non-hydrogen) atoms. The number of rotatable bonds is 4. The van der Waals surface area contributed by atoms with Crippen molar-refractivity contribution >= 4 is 22.5 Å². The number of carbonyl (C=O) groups excluding carboxylic acids is 1. The Morgan fingerprint density at radius 1 is 1.12 bits per heavy atom. The number of hydrogen-bond acceptors (Lipinski definition) is 2. The quantitative estimate of drug-likeness (QED) is 0.784. The first kappa shape index (κ1) is 16.9. The fraction of sp³-hybridized carbons (Fsp3) is 0.200. The number of anilines is 1. The van der Waals surface area contributed by atoms with Gasteiger partial charge in [0.15, 0.2) is 5.43 Å². The lowest BCUT2D eigenvalue weighted by molar-refractivity contribution is -0.116. The van der Waals surface area contributed by atoms with Crippen LogP contribution in [0.2, 0.25) is 0 Å². The second-order valence-corrected chi connectivity index (χ2v) is 6.29. The third-order valence-corrected chi connectivity index (χ3v) is 4.11. The summed E-state index contributed by atoms with van der Waals surface area (Å²) in [6, 6.07) is 13.0. The monoisotopic (exact) mass is 338 g/mol. The van der Waals surface area contributed by atoms with E-state index in [4.69, 9.17) is 0 Å². The number of nitrogens with zero attached hydrogens (tertiary/aromatic N) is 1. The number of amides is 1. The maximum atomic E-state index is 13.4.